The van der Waals surface area contributed by atoms with E-state index in [9.17, 15) is 0 Å². The van der Waals surface area contributed by atoms with E-state index in [-0.39, 0.29) is 0 Å². The highest BCUT2D eigenvalue weighted by atomic mass is 16.3. The van der Waals surface area contributed by atoms with Gasteiger partial charge < -0.3 is 14.7 Å². The first-order chi connectivity index (χ1) is 11.3. The summed E-state index contributed by atoms with van der Waals surface area (Å²) in [6, 6.07) is 18.8. The van der Waals surface area contributed by atoms with Crippen LogP contribution in [0.1, 0.15) is 23.9 Å². The van der Waals surface area contributed by atoms with Crippen LogP contribution in [0.5, 0.6) is 0 Å². The molecule has 0 saturated heterocycles. The summed E-state index contributed by atoms with van der Waals surface area (Å²) in [6.07, 6.45) is 0.915. The Morgan fingerprint density at radius 2 is 1.83 bits per heavy atom. The fourth-order valence-corrected chi connectivity index (χ4v) is 3.18. The lowest BCUT2D eigenvalue weighted by Crippen LogP contribution is -2.13. The number of furan rings is 1. The Kier molecular flexibility index (Phi) is 3.64. The number of para-hydroxylation sites is 2. The normalized spacial score (nSPS) is 11.5. The lowest BCUT2D eigenvalue weighted by molar-refractivity contribution is 0.543. The van der Waals surface area contributed by atoms with Gasteiger partial charge in [-0.25, -0.2) is 0 Å². The van der Waals surface area contributed by atoms with Gasteiger partial charge in [0.05, 0.1) is 0 Å². The van der Waals surface area contributed by atoms with E-state index in [0.717, 1.165) is 30.9 Å². The molecule has 0 aliphatic heterocycles. The number of hydrogen-bond acceptors (Lipinski definition) is 2. The lowest BCUT2D eigenvalue weighted by atomic mass is 10.1. The molecular formula is C20H20N2O. The minimum Gasteiger partial charge on any atom is -0.461 e. The van der Waals surface area contributed by atoms with Crippen molar-refractivity contribution in [3.05, 3.63) is 71.6 Å². The van der Waals surface area contributed by atoms with Crippen LogP contribution in [0.15, 0.2) is 59.0 Å². The Morgan fingerprint density at radius 3 is 2.70 bits per heavy atom. The second-order valence-electron chi connectivity index (χ2n) is 5.84. The zero-order valence-electron chi connectivity index (χ0n) is 13.2. The SMILES string of the molecule is CCc1oc2ccccc2c1CNCc1cc2ccccc2[nH]1. The van der Waals surface area contributed by atoms with Gasteiger partial charge in [-0.15, -0.1) is 0 Å². The highest BCUT2D eigenvalue weighted by Gasteiger charge is 2.12. The van der Waals surface area contributed by atoms with Crippen molar-refractivity contribution in [2.24, 2.45) is 0 Å². The lowest BCUT2D eigenvalue weighted by Gasteiger charge is -2.04. The molecule has 4 rings (SSSR count). The van der Waals surface area contributed by atoms with Crippen molar-refractivity contribution in [3.63, 3.8) is 0 Å². The van der Waals surface area contributed by atoms with Crippen LogP contribution in [0.4, 0.5) is 0 Å². The average molecular weight is 304 g/mol. The van der Waals surface area contributed by atoms with Crippen molar-refractivity contribution in [2.45, 2.75) is 26.4 Å². The summed E-state index contributed by atoms with van der Waals surface area (Å²) >= 11 is 0. The maximum atomic E-state index is 5.95. The van der Waals surface area contributed by atoms with Gasteiger partial charge in [-0.05, 0) is 23.6 Å². The van der Waals surface area contributed by atoms with Crippen LogP contribution < -0.4 is 5.32 Å². The monoisotopic (exact) mass is 304 g/mol. The first-order valence-electron chi connectivity index (χ1n) is 8.12. The van der Waals surface area contributed by atoms with Crippen molar-refractivity contribution in [1.29, 1.82) is 0 Å². The third-order valence-corrected chi connectivity index (χ3v) is 4.31. The molecule has 0 aliphatic carbocycles. The summed E-state index contributed by atoms with van der Waals surface area (Å²) in [6.45, 7) is 3.77. The van der Waals surface area contributed by atoms with Crippen LogP contribution in [0.2, 0.25) is 0 Å². The summed E-state index contributed by atoms with van der Waals surface area (Å²) in [5.41, 5.74) is 4.65. The first kappa shape index (κ1) is 14.1. The maximum absolute atomic E-state index is 5.95. The molecule has 2 N–H and O–H groups in total. The standard InChI is InChI=1S/C20H20N2O/c1-2-19-17(16-8-4-6-10-20(16)23-19)13-21-12-15-11-14-7-3-5-9-18(14)22-15/h3-11,21-22H,2,12-13H2,1H3. The predicted molar refractivity (Wildman–Crippen MR) is 94.4 cm³/mol. The predicted octanol–water partition coefficient (Wildman–Crippen LogP) is 4.77. The number of nitrogens with one attached hydrogen (secondary N) is 2. The minimum atomic E-state index is 0.815. The third kappa shape index (κ3) is 2.64. The van der Waals surface area contributed by atoms with Crippen molar-refractivity contribution < 1.29 is 4.42 Å². The number of aromatic nitrogens is 1. The average Bonchev–Trinajstić information content (AvgIpc) is 3.15. The van der Waals surface area contributed by atoms with E-state index >= 15 is 0 Å². The van der Waals surface area contributed by atoms with Crippen LogP contribution in [0.3, 0.4) is 0 Å². The number of hydrogen-bond donors (Lipinski definition) is 2. The van der Waals surface area contributed by atoms with E-state index in [0.29, 0.717) is 0 Å². The number of benzene rings is 2. The number of H-pyrrole nitrogens is 1. The summed E-state index contributed by atoms with van der Waals surface area (Å²) in [4.78, 5) is 3.46. The van der Waals surface area contributed by atoms with Crippen LogP contribution in [0, 0.1) is 0 Å². The van der Waals surface area contributed by atoms with Gasteiger partial charge >= 0.3 is 0 Å². The van der Waals surface area contributed by atoms with E-state index in [1.54, 1.807) is 0 Å². The molecule has 0 spiro atoms. The van der Waals surface area contributed by atoms with Crippen LogP contribution in [0.25, 0.3) is 21.9 Å². The van der Waals surface area contributed by atoms with Gasteiger partial charge in [-0.1, -0.05) is 43.3 Å². The minimum absolute atomic E-state index is 0.815. The van der Waals surface area contributed by atoms with Crippen molar-refractivity contribution in [3.8, 4) is 0 Å². The quantitative estimate of drug-likeness (QED) is 0.558. The van der Waals surface area contributed by atoms with Gasteiger partial charge in [-0.3, -0.25) is 0 Å². The van der Waals surface area contributed by atoms with Crippen molar-refractivity contribution >= 4 is 21.9 Å². The molecule has 0 unspecified atom stereocenters. The Bertz CT molecular complexity index is 916. The Morgan fingerprint density at radius 1 is 1.00 bits per heavy atom. The maximum Gasteiger partial charge on any atom is 0.134 e. The highest BCUT2D eigenvalue weighted by molar-refractivity contribution is 5.82. The van der Waals surface area contributed by atoms with Crippen LogP contribution in [-0.4, -0.2) is 4.98 Å². The summed E-state index contributed by atoms with van der Waals surface area (Å²) in [7, 11) is 0. The zero-order valence-corrected chi connectivity index (χ0v) is 13.2. The Balaban J connectivity index is 1.52. The third-order valence-electron chi connectivity index (χ3n) is 4.31. The van der Waals surface area contributed by atoms with Gasteiger partial charge in [0.25, 0.3) is 0 Å². The van der Waals surface area contributed by atoms with Crippen molar-refractivity contribution in [2.75, 3.05) is 0 Å². The van der Waals surface area contributed by atoms with Gasteiger partial charge in [0.1, 0.15) is 11.3 Å². The molecule has 0 saturated carbocycles. The number of aromatic amines is 1. The first-order valence-corrected chi connectivity index (χ1v) is 8.12. The zero-order chi connectivity index (χ0) is 15.6. The molecule has 0 bridgehead atoms. The molecule has 2 aromatic carbocycles. The molecule has 0 radical (unpaired) electrons. The van der Waals surface area contributed by atoms with E-state index in [4.69, 9.17) is 4.42 Å². The Hall–Kier alpha value is -2.52. The summed E-state index contributed by atoms with van der Waals surface area (Å²) in [5.74, 6) is 1.08. The number of fused-ring (bicyclic) bond motifs is 2. The van der Waals surface area contributed by atoms with Crippen LogP contribution in [-0.2, 0) is 19.5 Å². The summed E-state index contributed by atoms with van der Waals surface area (Å²) < 4.78 is 5.95. The molecular weight excluding hydrogens is 284 g/mol. The second kappa shape index (κ2) is 5.94. The highest BCUT2D eigenvalue weighted by Crippen LogP contribution is 2.26. The summed E-state index contributed by atoms with van der Waals surface area (Å²) in [5, 5.41) is 6.01. The topological polar surface area (TPSA) is 41.0 Å². The van der Waals surface area contributed by atoms with Gasteiger partial charge in [0.15, 0.2) is 0 Å². The molecule has 3 nitrogen and oxygen atoms in total. The Labute approximate surface area is 135 Å². The fourth-order valence-electron chi connectivity index (χ4n) is 3.18. The molecule has 0 fully saturated rings. The van der Waals surface area contributed by atoms with Gasteiger partial charge in [0.2, 0.25) is 0 Å². The molecule has 2 aromatic heterocycles. The number of rotatable bonds is 5. The van der Waals surface area contributed by atoms with E-state index in [2.05, 4.69) is 59.7 Å². The van der Waals surface area contributed by atoms with E-state index in [1.165, 1.54) is 27.5 Å². The van der Waals surface area contributed by atoms with Crippen molar-refractivity contribution in [1.82, 2.24) is 10.3 Å². The molecule has 4 aromatic rings. The number of aryl methyl sites for hydroxylation is 1. The second-order valence-corrected chi connectivity index (χ2v) is 5.84. The van der Waals surface area contributed by atoms with E-state index < -0.39 is 0 Å². The van der Waals surface area contributed by atoms with Gasteiger partial charge in [0, 0.05) is 41.7 Å². The van der Waals surface area contributed by atoms with Gasteiger partial charge in [-0.2, -0.15) is 0 Å². The molecule has 23 heavy (non-hydrogen) atoms. The molecule has 0 amide bonds. The molecule has 0 aliphatic rings. The van der Waals surface area contributed by atoms with Crippen LogP contribution >= 0.6 is 0 Å². The largest absolute Gasteiger partial charge is 0.461 e. The molecule has 116 valence electrons. The molecule has 2 heterocycles. The fraction of sp³-hybridized carbons (Fsp3) is 0.200. The molecule has 0 atom stereocenters. The van der Waals surface area contributed by atoms with E-state index in [1.807, 2.05) is 12.1 Å². The smallest absolute Gasteiger partial charge is 0.134 e. The molecule has 3 heteroatoms.